The summed E-state index contributed by atoms with van der Waals surface area (Å²) in [5.41, 5.74) is 0. The molecule has 0 spiro atoms. The minimum atomic E-state index is -0.229. The van der Waals surface area contributed by atoms with Gasteiger partial charge in [-0.3, -0.25) is 0 Å². The van der Waals surface area contributed by atoms with Crippen molar-refractivity contribution in [1.82, 2.24) is 0 Å². The molecule has 2 heteroatoms. The van der Waals surface area contributed by atoms with E-state index in [1.165, 1.54) is 193 Å². The van der Waals surface area contributed by atoms with Gasteiger partial charge < -0.3 is 9.47 Å². The minimum Gasteiger partial charge on any atom is -0.348 e. The van der Waals surface area contributed by atoms with Crippen LogP contribution in [0.15, 0.2) is 0 Å². The Morgan fingerprint density at radius 3 is 0.744 bits per heavy atom. The van der Waals surface area contributed by atoms with Crippen LogP contribution in [0.1, 0.15) is 219 Å². The molecule has 1 saturated heterocycles. The van der Waals surface area contributed by atoms with E-state index in [0.717, 1.165) is 26.1 Å². The van der Waals surface area contributed by atoms with E-state index < -0.39 is 0 Å². The Hall–Kier alpha value is -0.0800. The third kappa shape index (κ3) is 24.2. The van der Waals surface area contributed by atoms with Crippen molar-refractivity contribution in [2.75, 3.05) is 13.2 Å². The van der Waals surface area contributed by atoms with E-state index in [-0.39, 0.29) is 5.79 Å². The molecule has 0 radical (unpaired) electrons. The Bertz CT molecular complexity index is 420. The lowest BCUT2D eigenvalue weighted by molar-refractivity contribution is -0.168. The average Bonchev–Trinajstić information content (AvgIpc) is 3.42. The van der Waals surface area contributed by atoms with Crippen LogP contribution in [0.25, 0.3) is 0 Å². The smallest absolute Gasteiger partial charge is 0.168 e. The summed E-state index contributed by atoms with van der Waals surface area (Å²) in [4.78, 5) is 0. The molecule has 39 heavy (non-hydrogen) atoms. The van der Waals surface area contributed by atoms with Gasteiger partial charge in [0, 0.05) is 12.8 Å². The Morgan fingerprint density at radius 1 is 0.308 bits per heavy atom. The summed E-state index contributed by atoms with van der Waals surface area (Å²) in [6.45, 7) is 6.21. The van der Waals surface area contributed by atoms with E-state index in [4.69, 9.17) is 9.47 Å². The van der Waals surface area contributed by atoms with E-state index >= 15 is 0 Å². The first-order valence-corrected chi connectivity index (χ1v) is 18.6. The van der Waals surface area contributed by atoms with Crippen molar-refractivity contribution in [3.63, 3.8) is 0 Å². The zero-order valence-electron chi connectivity index (χ0n) is 27.4. The van der Waals surface area contributed by atoms with E-state index in [2.05, 4.69) is 13.8 Å². The van der Waals surface area contributed by atoms with Crippen LogP contribution in [0.4, 0.5) is 0 Å². The van der Waals surface area contributed by atoms with Crippen LogP contribution < -0.4 is 0 Å². The highest BCUT2D eigenvalue weighted by atomic mass is 16.7. The van der Waals surface area contributed by atoms with Crippen LogP contribution in [0, 0.1) is 0 Å². The molecule has 0 saturated carbocycles. The minimum absolute atomic E-state index is 0.229. The van der Waals surface area contributed by atoms with Crippen LogP contribution in [-0.4, -0.2) is 19.0 Å². The Morgan fingerprint density at radius 2 is 0.513 bits per heavy atom. The van der Waals surface area contributed by atoms with Crippen molar-refractivity contribution in [3.8, 4) is 0 Å². The molecule has 1 aliphatic heterocycles. The summed E-state index contributed by atoms with van der Waals surface area (Å²) in [5, 5.41) is 0. The number of unbranched alkanes of at least 4 members (excludes halogenated alkanes) is 28. The highest BCUT2D eigenvalue weighted by Crippen LogP contribution is 2.32. The summed E-state index contributed by atoms with van der Waals surface area (Å²) in [5.74, 6) is -0.229. The molecule has 0 aliphatic carbocycles. The summed E-state index contributed by atoms with van der Waals surface area (Å²) < 4.78 is 12.3. The van der Waals surface area contributed by atoms with Gasteiger partial charge in [-0.05, 0) is 12.8 Å². The second-order valence-corrected chi connectivity index (χ2v) is 13.0. The summed E-state index contributed by atoms with van der Waals surface area (Å²) in [6, 6.07) is 0. The molecule has 0 N–H and O–H groups in total. The SMILES string of the molecule is CCCCCCCCCCCCCCCCCC1(CCCCCCCCCCCCCCCCC)OCCO1. The Labute approximate surface area is 247 Å². The van der Waals surface area contributed by atoms with E-state index in [1.807, 2.05) is 0 Å². The first-order chi connectivity index (χ1) is 19.3. The van der Waals surface area contributed by atoms with Gasteiger partial charge in [0.25, 0.3) is 0 Å². The van der Waals surface area contributed by atoms with Crippen LogP contribution in [-0.2, 0) is 9.47 Å². The fourth-order valence-electron chi connectivity index (χ4n) is 6.44. The van der Waals surface area contributed by atoms with Crippen LogP contribution in [0.5, 0.6) is 0 Å². The molecular formula is C37H74O2. The molecule has 234 valence electrons. The molecule has 1 fully saturated rings. The molecule has 1 heterocycles. The maximum absolute atomic E-state index is 6.16. The average molecular weight is 551 g/mol. The molecule has 0 unspecified atom stereocenters. The number of hydrogen-bond donors (Lipinski definition) is 0. The Balaban J connectivity index is 1.86. The zero-order valence-corrected chi connectivity index (χ0v) is 27.4. The molecule has 1 aliphatic rings. The highest BCUT2D eigenvalue weighted by molar-refractivity contribution is 4.74. The first-order valence-electron chi connectivity index (χ1n) is 18.6. The molecule has 0 bridgehead atoms. The van der Waals surface area contributed by atoms with Crippen molar-refractivity contribution in [2.45, 2.75) is 225 Å². The molecule has 1 rings (SSSR count). The van der Waals surface area contributed by atoms with Gasteiger partial charge in [0.1, 0.15) is 0 Å². The van der Waals surface area contributed by atoms with Crippen molar-refractivity contribution < 1.29 is 9.47 Å². The van der Waals surface area contributed by atoms with Crippen LogP contribution in [0.2, 0.25) is 0 Å². The molecule has 2 nitrogen and oxygen atoms in total. The number of rotatable bonds is 32. The van der Waals surface area contributed by atoms with Gasteiger partial charge in [-0.2, -0.15) is 0 Å². The number of hydrogen-bond acceptors (Lipinski definition) is 2. The van der Waals surface area contributed by atoms with Crippen molar-refractivity contribution in [2.24, 2.45) is 0 Å². The van der Waals surface area contributed by atoms with Gasteiger partial charge in [-0.15, -0.1) is 0 Å². The topological polar surface area (TPSA) is 18.5 Å². The van der Waals surface area contributed by atoms with Gasteiger partial charge in [-0.25, -0.2) is 0 Å². The Kier molecular flexibility index (Phi) is 27.9. The second kappa shape index (κ2) is 29.4. The largest absolute Gasteiger partial charge is 0.348 e. The fourth-order valence-corrected chi connectivity index (χ4v) is 6.44. The lowest BCUT2D eigenvalue weighted by Crippen LogP contribution is -2.30. The van der Waals surface area contributed by atoms with Crippen molar-refractivity contribution in [1.29, 1.82) is 0 Å². The maximum atomic E-state index is 6.16. The van der Waals surface area contributed by atoms with Crippen LogP contribution in [0.3, 0.4) is 0 Å². The quantitative estimate of drug-likeness (QED) is 0.0775. The van der Waals surface area contributed by atoms with Crippen molar-refractivity contribution >= 4 is 0 Å². The van der Waals surface area contributed by atoms with Gasteiger partial charge in [0.2, 0.25) is 0 Å². The third-order valence-electron chi connectivity index (χ3n) is 9.14. The molecular weight excluding hydrogens is 476 g/mol. The normalized spacial score (nSPS) is 14.9. The standard InChI is InChI=1S/C37H74O2/c1-3-5-7-9-11-13-15-17-19-21-23-25-27-29-31-33-37(38-35-36-39-37)34-32-30-28-26-24-22-20-18-16-14-12-10-8-6-4-2/h3-36H2,1-2H3. The zero-order chi connectivity index (χ0) is 28.0. The predicted molar refractivity (Wildman–Crippen MR) is 174 cm³/mol. The predicted octanol–water partition coefficient (Wildman–Crippen LogP) is 13.3. The lowest BCUT2D eigenvalue weighted by atomic mass is 9.98. The van der Waals surface area contributed by atoms with Gasteiger partial charge in [0.15, 0.2) is 5.79 Å². The second-order valence-electron chi connectivity index (χ2n) is 13.0. The number of ether oxygens (including phenoxy) is 2. The monoisotopic (exact) mass is 551 g/mol. The highest BCUT2D eigenvalue weighted by Gasteiger charge is 2.35. The van der Waals surface area contributed by atoms with Gasteiger partial charge >= 0.3 is 0 Å². The first kappa shape index (κ1) is 36.9. The maximum Gasteiger partial charge on any atom is 0.168 e. The van der Waals surface area contributed by atoms with Crippen molar-refractivity contribution in [3.05, 3.63) is 0 Å². The van der Waals surface area contributed by atoms with Gasteiger partial charge in [0.05, 0.1) is 13.2 Å². The van der Waals surface area contributed by atoms with Gasteiger partial charge in [-0.1, -0.05) is 194 Å². The lowest BCUT2D eigenvalue weighted by Gasteiger charge is -2.27. The van der Waals surface area contributed by atoms with Crippen LogP contribution >= 0.6 is 0 Å². The molecule has 0 amide bonds. The summed E-state index contributed by atoms with van der Waals surface area (Å²) in [7, 11) is 0. The molecule has 0 aromatic rings. The van der Waals surface area contributed by atoms with E-state index in [0.29, 0.717) is 0 Å². The summed E-state index contributed by atoms with van der Waals surface area (Å²) in [6.07, 6.45) is 45.0. The molecule has 0 atom stereocenters. The fraction of sp³-hybridized carbons (Fsp3) is 1.00. The molecule has 0 aromatic carbocycles. The summed E-state index contributed by atoms with van der Waals surface area (Å²) >= 11 is 0. The molecule has 0 aromatic heterocycles. The van der Waals surface area contributed by atoms with E-state index in [9.17, 15) is 0 Å². The van der Waals surface area contributed by atoms with E-state index in [1.54, 1.807) is 0 Å². The third-order valence-corrected chi connectivity index (χ3v) is 9.14.